The van der Waals surface area contributed by atoms with Crippen molar-refractivity contribution in [3.8, 4) is 0 Å². The van der Waals surface area contributed by atoms with Crippen LogP contribution in [0.25, 0.3) is 0 Å². The van der Waals surface area contributed by atoms with E-state index in [2.05, 4.69) is 5.32 Å². The first-order valence-electron chi connectivity index (χ1n) is 10.3. The van der Waals surface area contributed by atoms with Gasteiger partial charge >= 0.3 is 0 Å². The van der Waals surface area contributed by atoms with E-state index in [9.17, 15) is 22.8 Å². The number of carbonyl (C=O) groups is 3. The molecule has 1 N–H and O–H groups in total. The number of morpholine rings is 1. The molecule has 2 aliphatic heterocycles. The topological polar surface area (TPSA) is 113 Å². The van der Waals surface area contributed by atoms with E-state index < -0.39 is 15.9 Å². The van der Waals surface area contributed by atoms with Gasteiger partial charge in [-0.3, -0.25) is 19.3 Å². The summed E-state index contributed by atoms with van der Waals surface area (Å²) in [7, 11) is -3.85. The van der Waals surface area contributed by atoms with Crippen molar-refractivity contribution < 1.29 is 27.5 Å². The molecule has 2 fully saturated rings. The lowest BCUT2D eigenvalue weighted by Crippen LogP contribution is -2.41. The fourth-order valence-corrected chi connectivity index (χ4v) is 5.34. The van der Waals surface area contributed by atoms with E-state index in [1.165, 1.54) is 16.4 Å². The SMILES string of the molecule is O=C(Nc1ccc(N2C(=O)CCCC2=O)cc1)c1ccccc1S(=O)(=O)N1CCOCC1. The molecule has 2 saturated heterocycles. The van der Waals surface area contributed by atoms with Crippen molar-refractivity contribution in [1.82, 2.24) is 4.31 Å². The molecule has 32 heavy (non-hydrogen) atoms. The summed E-state index contributed by atoms with van der Waals surface area (Å²) in [5, 5.41) is 2.69. The molecule has 10 heteroatoms. The maximum Gasteiger partial charge on any atom is 0.257 e. The van der Waals surface area contributed by atoms with E-state index >= 15 is 0 Å². The highest BCUT2D eigenvalue weighted by molar-refractivity contribution is 7.89. The van der Waals surface area contributed by atoms with Gasteiger partial charge in [-0.05, 0) is 42.8 Å². The lowest BCUT2D eigenvalue weighted by molar-refractivity contribution is -0.129. The molecule has 0 radical (unpaired) electrons. The summed E-state index contributed by atoms with van der Waals surface area (Å²) in [5.41, 5.74) is 0.881. The minimum Gasteiger partial charge on any atom is -0.379 e. The monoisotopic (exact) mass is 457 g/mol. The van der Waals surface area contributed by atoms with Crippen molar-refractivity contribution in [2.45, 2.75) is 24.2 Å². The number of hydrogen-bond donors (Lipinski definition) is 1. The largest absolute Gasteiger partial charge is 0.379 e. The Labute approximate surface area is 186 Å². The zero-order valence-corrected chi connectivity index (χ0v) is 18.1. The van der Waals surface area contributed by atoms with Gasteiger partial charge < -0.3 is 10.1 Å². The number of hydrogen-bond acceptors (Lipinski definition) is 6. The van der Waals surface area contributed by atoms with Gasteiger partial charge in [0.1, 0.15) is 0 Å². The smallest absolute Gasteiger partial charge is 0.257 e. The molecule has 2 aromatic carbocycles. The molecule has 0 unspecified atom stereocenters. The standard InChI is InChI=1S/C22H23N3O6S/c26-20-6-3-7-21(27)25(20)17-10-8-16(9-11-17)23-22(28)18-4-1-2-5-19(18)32(29,30)24-12-14-31-15-13-24/h1-2,4-5,8-11H,3,6-7,12-15H2,(H,23,28). The molecule has 9 nitrogen and oxygen atoms in total. The molecule has 2 heterocycles. The van der Waals surface area contributed by atoms with Crippen LogP contribution < -0.4 is 10.2 Å². The normalized spacial score (nSPS) is 17.9. The number of benzene rings is 2. The third kappa shape index (κ3) is 4.43. The summed E-state index contributed by atoms with van der Waals surface area (Å²) >= 11 is 0. The van der Waals surface area contributed by atoms with Crippen LogP contribution in [0.15, 0.2) is 53.4 Å². The van der Waals surface area contributed by atoms with Crippen LogP contribution in [0.5, 0.6) is 0 Å². The van der Waals surface area contributed by atoms with Gasteiger partial charge in [0.05, 0.1) is 29.4 Å². The summed E-state index contributed by atoms with van der Waals surface area (Å²) in [5.74, 6) is -1.07. The number of carbonyl (C=O) groups excluding carboxylic acids is 3. The predicted molar refractivity (Wildman–Crippen MR) is 117 cm³/mol. The number of rotatable bonds is 5. The number of piperidine rings is 1. The Hall–Kier alpha value is -3.08. The molecule has 0 atom stereocenters. The molecule has 2 aliphatic rings. The number of anilines is 2. The first-order valence-corrected chi connectivity index (χ1v) is 11.8. The fraction of sp³-hybridized carbons (Fsp3) is 0.318. The molecule has 3 amide bonds. The van der Waals surface area contributed by atoms with Gasteiger partial charge in [0, 0.05) is 31.6 Å². The molecule has 168 valence electrons. The van der Waals surface area contributed by atoms with Gasteiger partial charge in [-0.25, -0.2) is 8.42 Å². The Bertz CT molecular complexity index is 1120. The van der Waals surface area contributed by atoms with Crippen LogP contribution in [0.2, 0.25) is 0 Å². The zero-order valence-electron chi connectivity index (χ0n) is 17.3. The van der Waals surface area contributed by atoms with Gasteiger partial charge in [0.2, 0.25) is 21.8 Å². The molecule has 0 spiro atoms. The Morgan fingerprint density at radius 1 is 0.906 bits per heavy atom. The highest BCUT2D eigenvalue weighted by Gasteiger charge is 2.30. The molecule has 0 aromatic heterocycles. The van der Waals surface area contributed by atoms with Crippen LogP contribution in [-0.2, 0) is 24.3 Å². The number of nitrogens with one attached hydrogen (secondary N) is 1. The minimum absolute atomic E-state index is 0.0319. The quantitative estimate of drug-likeness (QED) is 0.687. The van der Waals surface area contributed by atoms with Gasteiger partial charge in [0.25, 0.3) is 5.91 Å². The number of ether oxygens (including phenoxy) is 1. The Kier molecular flexibility index (Phi) is 6.35. The second-order valence-corrected chi connectivity index (χ2v) is 9.40. The number of sulfonamides is 1. The molecule has 2 aromatic rings. The lowest BCUT2D eigenvalue weighted by atomic mass is 10.1. The third-order valence-electron chi connectivity index (χ3n) is 5.38. The average Bonchev–Trinajstić information content (AvgIpc) is 2.80. The molecule has 0 saturated carbocycles. The van der Waals surface area contributed by atoms with Crippen molar-refractivity contribution in [2.75, 3.05) is 36.5 Å². The van der Waals surface area contributed by atoms with Crippen molar-refractivity contribution in [3.05, 3.63) is 54.1 Å². The minimum atomic E-state index is -3.85. The number of amides is 3. The highest BCUT2D eigenvalue weighted by atomic mass is 32.2. The zero-order chi connectivity index (χ0) is 22.7. The van der Waals surface area contributed by atoms with Crippen molar-refractivity contribution >= 4 is 39.1 Å². The van der Waals surface area contributed by atoms with E-state index in [-0.39, 0.29) is 35.4 Å². The van der Waals surface area contributed by atoms with E-state index in [0.29, 0.717) is 43.9 Å². The van der Waals surface area contributed by atoms with E-state index in [4.69, 9.17) is 4.74 Å². The van der Waals surface area contributed by atoms with Crippen molar-refractivity contribution in [3.63, 3.8) is 0 Å². The Morgan fingerprint density at radius 2 is 1.53 bits per heavy atom. The van der Waals surface area contributed by atoms with Crippen LogP contribution in [0.1, 0.15) is 29.6 Å². The van der Waals surface area contributed by atoms with Gasteiger partial charge in [0.15, 0.2) is 0 Å². The van der Waals surface area contributed by atoms with E-state index in [1.807, 2.05) is 0 Å². The van der Waals surface area contributed by atoms with Crippen molar-refractivity contribution in [2.24, 2.45) is 0 Å². The second-order valence-electron chi connectivity index (χ2n) is 7.49. The van der Waals surface area contributed by atoms with Crippen LogP contribution in [0, 0.1) is 0 Å². The summed E-state index contributed by atoms with van der Waals surface area (Å²) in [6, 6.07) is 12.3. The van der Waals surface area contributed by atoms with Crippen LogP contribution in [-0.4, -0.2) is 56.7 Å². The van der Waals surface area contributed by atoms with Crippen LogP contribution in [0.3, 0.4) is 0 Å². The molecular formula is C22H23N3O6S. The van der Waals surface area contributed by atoms with Gasteiger partial charge in [-0.2, -0.15) is 4.31 Å². The van der Waals surface area contributed by atoms with Crippen LogP contribution >= 0.6 is 0 Å². The third-order valence-corrected chi connectivity index (χ3v) is 7.34. The molecule has 4 rings (SSSR count). The van der Waals surface area contributed by atoms with Gasteiger partial charge in [-0.1, -0.05) is 12.1 Å². The summed E-state index contributed by atoms with van der Waals surface area (Å²) in [6.45, 7) is 1.07. The predicted octanol–water partition coefficient (Wildman–Crippen LogP) is 2.00. The van der Waals surface area contributed by atoms with Crippen LogP contribution in [0.4, 0.5) is 11.4 Å². The first-order chi connectivity index (χ1) is 15.4. The Balaban J connectivity index is 1.54. The van der Waals surface area contributed by atoms with E-state index in [1.54, 1.807) is 36.4 Å². The fourth-order valence-electron chi connectivity index (χ4n) is 3.74. The maximum absolute atomic E-state index is 13.1. The maximum atomic E-state index is 13.1. The lowest BCUT2D eigenvalue weighted by Gasteiger charge is -2.26. The summed E-state index contributed by atoms with van der Waals surface area (Å²) in [6.07, 6.45) is 1.19. The number of imide groups is 1. The van der Waals surface area contributed by atoms with Crippen molar-refractivity contribution in [1.29, 1.82) is 0 Å². The Morgan fingerprint density at radius 3 is 2.19 bits per heavy atom. The second kappa shape index (κ2) is 9.19. The average molecular weight is 458 g/mol. The molecule has 0 bridgehead atoms. The number of nitrogens with zero attached hydrogens (tertiary/aromatic N) is 2. The summed E-state index contributed by atoms with van der Waals surface area (Å²) in [4.78, 5) is 38.2. The molecular weight excluding hydrogens is 434 g/mol. The summed E-state index contributed by atoms with van der Waals surface area (Å²) < 4.78 is 32.7. The first kappa shape index (κ1) is 22.1. The van der Waals surface area contributed by atoms with E-state index in [0.717, 1.165) is 4.90 Å². The van der Waals surface area contributed by atoms with Gasteiger partial charge in [-0.15, -0.1) is 0 Å². The highest BCUT2D eigenvalue weighted by Crippen LogP contribution is 2.25. The molecule has 0 aliphatic carbocycles.